The average Bonchev–Trinajstić information content (AvgIpc) is 2.35. The van der Waals surface area contributed by atoms with E-state index >= 15 is 0 Å². The monoisotopic (exact) mass is 339 g/mol. The summed E-state index contributed by atoms with van der Waals surface area (Å²) in [5.74, 6) is 0.164. The summed E-state index contributed by atoms with van der Waals surface area (Å²) in [6, 6.07) is 4.63. The molecule has 1 aromatic rings. The third-order valence-electron chi connectivity index (χ3n) is 2.97. The number of hydrogen-bond acceptors (Lipinski definition) is 4. The van der Waals surface area contributed by atoms with Crippen LogP contribution in [0.4, 0.5) is 0 Å². The highest BCUT2D eigenvalue weighted by molar-refractivity contribution is 8.13. The van der Waals surface area contributed by atoms with E-state index in [9.17, 15) is 16.8 Å². The zero-order valence-electron chi connectivity index (χ0n) is 11.5. The van der Waals surface area contributed by atoms with Gasteiger partial charge in [0.15, 0.2) is 0 Å². The molecule has 1 N–H and O–H groups in total. The fourth-order valence-electron chi connectivity index (χ4n) is 1.74. The van der Waals surface area contributed by atoms with Crippen LogP contribution in [-0.2, 0) is 19.1 Å². The Morgan fingerprint density at radius 2 is 1.50 bits per heavy atom. The van der Waals surface area contributed by atoms with Crippen molar-refractivity contribution in [3.8, 4) is 0 Å². The number of nitrogens with one attached hydrogen (secondary N) is 1. The molecule has 0 amide bonds. The number of rotatable bonds is 6. The SMILES string of the molecule is CCC(NS(=O)(=O)c1ccc(S(=O)(=O)Cl)cc1)C(C)C. The van der Waals surface area contributed by atoms with Crippen molar-refractivity contribution >= 4 is 29.8 Å². The van der Waals surface area contributed by atoms with E-state index in [4.69, 9.17) is 10.7 Å². The van der Waals surface area contributed by atoms with Gasteiger partial charge in [-0.15, -0.1) is 0 Å². The van der Waals surface area contributed by atoms with Crippen molar-refractivity contribution in [3.05, 3.63) is 24.3 Å². The summed E-state index contributed by atoms with van der Waals surface area (Å²) in [4.78, 5) is -0.116. The van der Waals surface area contributed by atoms with Crippen molar-refractivity contribution in [1.82, 2.24) is 4.72 Å². The summed E-state index contributed by atoms with van der Waals surface area (Å²) in [6.45, 7) is 5.76. The highest BCUT2D eigenvalue weighted by Crippen LogP contribution is 2.19. The van der Waals surface area contributed by atoms with Gasteiger partial charge in [0.1, 0.15) is 0 Å². The highest BCUT2D eigenvalue weighted by Gasteiger charge is 2.21. The Hall–Kier alpha value is -0.630. The topological polar surface area (TPSA) is 80.3 Å². The van der Waals surface area contributed by atoms with Crippen LogP contribution in [0.2, 0.25) is 0 Å². The Morgan fingerprint density at radius 3 is 1.85 bits per heavy atom. The van der Waals surface area contributed by atoms with Crippen LogP contribution in [0.15, 0.2) is 34.1 Å². The molecule has 0 saturated carbocycles. The van der Waals surface area contributed by atoms with E-state index in [1.165, 1.54) is 24.3 Å². The summed E-state index contributed by atoms with van der Waals surface area (Å²) >= 11 is 0. The zero-order valence-corrected chi connectivity index (χ0v) is 13.9. The predicted octanol–water partition coefficient (Wildman–Crippen LogP) is 2.33. The highest BCUT2D eigenvalue weighted by atomic mass is 35.7. The van der Waals surface area contributed by atoms with Crippen molar-refractivity contribution in [1.29, 1.82) is 0 Å². The van der Waals surface area contributed by atoms with Crippen molar-refractivity contribution in [2.24, 2.45) is 5.92 Å². The van der Waals surface area contributed by atoms with E-state index in [0.717, 1.165) is 0 Å². The summed E-state index contributed by atoms with van der Waals surface area (Å²) in [7, 11) is -2.34. The molecule has 0 aliphatic rings. The maximum atomic E-state index is 12.2. The maximum absolute atomic E-state index is 12.2. The molecule has 114 valence electrons. The van der Waals surface area contributed by atoms with Gasteiger partial charge in [0, 0.05) is 16.7 Å². The fourth-order valence-corrected chi connectivity index (χ4v) is 3.98. The van der Waals surface area contributed by atoms with Gasteiger partial charge < -0.3 is 0 Å². The van der Waals surface area contributed by atoms with E-state index in [2.05, 4.69) is 4.72 Å². The van der Waals surface area contributed by atoms with Crippen LogP contribution < -0.4 is 4.72 Å². The molecule has 8 heteroatoms. The normalized spacial score (nSPS) is 14.4. The Bertz CT molecular complexity index is 651. The second kappa shape index (κ2) is 6.43. The molecule has 0 aliphatic carbocycles. The minimum absolute atomic E-state index is 0.0145. The van der Waals surface area contributed by atoms with Crippen molar-refractivity contribution in [2.75, 3.05) is 0 Å². The molecule has 0 aromatic heterocycles. The minimum atomic E-state index is -3.85. The molecule has 1 rings (SSSR count). The molecule has 0 radical (unpaired) electrons. The van der Waals surface area contributed by atoms with Crippen LogP contribution in [0.25, 0.3) is 0 Å². The van der Waals surface area contributed by atoms with Crippen LogP contribution in [0.5, 0.6) is 0 Å². The molecule has 0 aliphatic heterocycles. The summed E-state index contributed by atoms with van der Waals surface area (Å²) in [5, 5.41) is 0. The Labute approximate surface area is 124 Å². The zero-order chi connectivity index (χ0) is 15.6. The van der Waals surface area contributed by atoms with E-state index in [-0.39, 0.29) is 21.8 Å². The van der Waals surface area contributed by atoms with Gasteiger partial charge in [-0.1, -0.05) is 20.8 Å². The number of benzene rings is 1. The lowest BCUT2D eigenvalue weighted by Crippen LogP contribution is -2.37. The van der Waals surface area contributed by atoms with E-state index in [1.54, 1.807) is 0 Å². The van der Waals surface area contributed by atoms with Gasteiger partial charge in [-0.3, -0.25) is 0 Å². The van der Waals surface area contributed by atoms with Crippen molar-refractivity contribution in [3.63, 3.8) is 0 Å². The Morgan fingerprint density at radius 1 is 1.05 bits per heavy atom. The van der Waals surface area contributed by atoms with E-state index in [0.29, 0.717) is 6.42 Å². The smallest absolute Gasteiger partial charge is 0.208 e. The summed E-state index contributed by atoms with van der Waals surface area (Å²) in [6.07, 6.45) is 0.672. The van der Waals surface area contributed by atoms with Crippen LogP contribution in [0, 0.1) is 5.92 Å². The number of sulfonamides is 1. The van der Waals surface area contributed by atoms with Gasteiger partial charge in [-0.05, 0) is 36.6 Å². The van der Waals surface area contributed by atoms with Crippen LogP contribution in [-0.4, -0.2) is 22.9 Å². The molecule has 5 nitrogen and oxygen atoms in total. The molecule has 1 unspecified atom stereocenters. The molecular formula is C12H18ClNO4S2. The maximum Gasteiger partial charge on any atom is 0.261 e. The van der Waals surface area contributed by atoms with E-state index in [1.807, 2.05) is 20.8 Å². The lowest BCUT2D eigenvalue weighted by molar-refractivity contribution is 0.437. The quantitative estimate of drug-likeness (QED) is 0.806. The molecule has 0 heterocycles. The fraction of sp³-hybridized carbons (Fsp3) is 0.500. The lowest BCUT2D eigenvalue weighted by atomic mass is 10.0. The first-order valence-electron chi connectivity index (χ1n) is 6.15. The molecule has 0 spiro atoms. The van der Waals surface area contributed by atoms with Gasteiger partial charge in [0.2, 0.25) is 10.0 Å². The molecular weight excluding hydrogens is 322 g/mol. The van der Waals surface area contributed by atoms with Crippen molar-refractivity contribution in [2.45, 2.75) is 43.0 Å². The first-order chi connectivity index (χ1) is 9.08. The van der Waals surface area contributed by atoms with Gasteiger partial charge in [0.05, 0.1) is 9.79 Å². The Kier molecular flexibility index (Phi) is 5.60. The molecule has 0 bridgehead atoms. The summed E-state index contributed by atoms with van der Waals surface area (Å²) < 4.78 is 49.2. The Balaban J connectivity index is 3.05. The van der Waals surface area contributed by atoms with Crippen LogP contribution in [0.1, 0.15) is 27.2 Å². The van der Waals surface area contributed by atoms with Crippen molar-refractivity contribution < 1.29 is 16.8 Å². The molecule has 0 saturated heterocycles. The van der Waals surface area contributed by atoms with Gasteiger partial charge in [0.25, 0.3) is 9.05 Å². The number of halogens is 1. The second-order valence-corrected chi connectivity index (χ2v) is 9.07. The number of hydrogen-bond donors (Lipinski definition) is 1. The molecule has 20 heavy (non-hydrogen) atoms. The molecule has 1 atom stereocenters. The molecule has 0 fully saturated rings. The first-order valence-corrected chi connectivity index (χ1v) is 9.94. The first kappa shape index (κ1) is 17.4. The van der Waals surface area contributed by atoms with Crippen LogP contribution >= 0.6 is 10.7 Å². The van der Waals surface area contributed by atoms with Gasteiger partial charge >= 0.3 is 0 Å². The molecule has 1 aromatic carbocycles. The second-order valence-electron chi connectivity index (χ2n) is 4.79. The van der Waals surface area contributed by atoms with Gasteiger partial charge in [-0.25, -0.2) is 21.6 Å². The van der Waals surface area contributed by atoms with E-state index < -0.39 is 19.1 Å². The van der Waals surface area contributed by atoms with Gasteiger partial charge in [-0.2, -0.15) is 0 Å². The third-order valence-corrected chi connectivity index (χ3v) is 5.84. The largest absolute Gasteiger partial charge is 0.261 e. The third kappa shape index (κ3) is 4.44. The lowest BCUT2D eigenvalue weighted by Gasteiger charge is -2.20. The minimum Gasteiger partial charge on any atom is -0.208 e. The predicted molar refractivity (Wildman–Crippen MR) is 78.7 cm³/mol. The summed E-state index contributed by atoms with van der Waals surface area (Å²) in [5.41, 5.74) is 0. The standard InChI is InChI=1S/C12H18ClNO4S2/c1-4-12(9(2)3)14-20(17,18)11-7-5-10(6-8-11)19(13,15)16/h5-9,12,14H,4H2,1-3H3. The van der Waals surface area contributed by atoms with Crippen LogP contribution in [0.3, 0.4) is 0 Å². The average molecular weight is 340 g/mol.